The van der Waals surface area contributed by atoms with Gasteiger partial charge in [0.15, 0.2) is 0 Å². The van der Waals surface area contributed by atoms with Crippen molar-refractivity contribution in [3.8, 4) is 34.5 Å². The number of amides is 3. The van der Waals surface area contributed by atoms with Gasteiger partial charge in [-0.25, -0.2) is 0 Å². The normalized spacial score (nSPS) is 12.8. The Labute approximate surface area is 703 Å². The van der Waals surface area contributed by atoms with Gasteiger partial charge in [-0.05, 0) is 135 Å². The fourth-order valence-electron chi connectivity index (χ4n) is 12.5. The summed E-state index contributed by atoms with van der Waals surface area (Å²) in [5.74, 6) is 1.11. The van der Waals surface area contributed by atoms with Gasteiger partial charge in [-0.2, -0.15) is 0 Å². The fourth-order valence-corrected chi connectivity index (χ4v) is 12.5. The minimum absolute atomic E-state index is 0. The molecule has 6 aromatic carbocycles. The molecule has 0 aliphatic carbocycles. The Kier molecular flexibility index (Phi) is 33.0. The average molecular weight is 1580 g/mol. The Hall–Kier alpha value is -6.33. The third-order valence-corrected chi connectivity index (χ3v) is 20.0. The molecule has 0 heterocycles. The van der Waals surface area contributed by atoms with Gasteiger partial charge in [0.05, 0.1) is 34.1 Å². The number of rotatable bonds is 18. The summed E-state index contributed by atoms with van der Waals surface area (Å²) in [7, 11) is 0. The van der Waals surface area contributed by atoms with Crippen molar-refractivity contribution >= 4 is 53.4 Å². The number of anilines is 6. The van der Waals surface area contributed by atoms with Crippen molar-refractivity contribution < 1.29 is 96.7 Å². The molecule has 0 fully saturated rings. The number of hydrogen-bond acceptors (Lipinski definition) is 12. The molecule has 0 saturated heterocycles. The smallest absolute Gasteiger partial charge is 0.214 e. The molecule has 6 rings (SSSR count). The van der Waals surface area contributed by atoms with Crippen molar-refractivity contribution in [2.75, 3.05) is 69.9 Å². The molecule has 3 amide bonds. The van der Waals surface area contributed by atoms with E-state index in [0.29, 0.717) is 73.4 Å². The number of nitrogens with zero attached hydrogens (tertiary/aromatic N) is 3. The molecule has 0 aromatic heterocycles. The zero-order valence-corrected chi connectivity index (χ0v) is 78.4. The van der Waals surface area contributed by atoms with Gasteiger partial charge in [0, 0.05) is 124 Å². The van der Waals surface area contributed by atoms with Crippen LogP contribution in [0.5, 0.6) is 34.5 Å². The first-order valence-corrected chi connectivity index (χ1v) is 38.7. The molecule has 110 heavy (non-hydrogen) atoms. The second-order valence-electron chi connectivity index (χ2n) is 42.1. The first-order valence-electron chi connectivity index (χ1n) is 38.7. The SMILES string of the molecule is CC(C)(C)c1cc(NCCN(C=O)c2cc(C(C)(C)C)cc(C(C)(C)C)c2O)c(O)c(C(C)(C)C)c1.CC(C)(C)c1cc(NCCN(C=O)c2cc(C(C)(C)C)cc(C(C)(C)C)c2O)c(O)c(C(C)(C)C)c1.CC(C)(C)c1cc(NCCN(C=O)c2cc(C(C)(C)C)cc(C(C)(C)C)c2O)c(O)c(C(C)(C)C)c1.[Sc].[Sc]. The summed E-state index contributed by atoms with van der Waals surface area (Å²) >= 11 is 0. The van der Waals surface area contributed by atoms with Crippen LogP contribution in [0.4, 0.5) is 34.1 Å². The predicted molar refractivity (Wildman–Crippen MR) is 459 cm³/mol. The summed E-state index contributed by atoms with van der Waals surface area (Å²) in [6, 6.07) is 24.1. The summed E-state index contributed by atoms with van der Waals surface area (Å²) in [6.07, 6.45) is 2.30. The van der Waals surface area contributed by atoms with Crippen LogP contribution in [0.3, 0.4) is 0 Å². The molecule has 17 heteroatoms. The van der Waals surface area contributed by atoms with Crippen molar-refractivity contribution in [2.45, 2.75) is 314 Å². The molecule has 0 spiro atoms. The number of benzene rings is 6. The van der Waals surface area contributed by atoms with Gasteiger partial charge in [-0.3, -0.25) is 14.4 Å². The molecule has 9 N–H and O–H groups in total. The largest absolute Gasteiger partial charge is 0.505 e. The van der Waals surface area contributed by atoms with E-state index < -0.39 is 0 Å². The summed E-state index contributed by atoms with van der Waals surface area (Å²) in [5.41, 5.74) is 13.0. The summed E-state index contributed by atoms with van der Waals surface area (Å²) in [5, 5.41) is 76.7. The molecule has 2 radical (unpaired) electrons. The van der Waals surface area contributed by atoms with Crippen molar-refractivity contribution in [3.05, 3.63) is 140 Å². The molecule has 606 valence electrons. The van der Waals surface area contributed by atoms with Crippen LogP contribution in [0.25, 0.3) is 0 Å². The van der Waals surface area contributed by atoms with Crippen molar-refractivity contribution in [1.29, 1.82) is 0 Å². The van der Waals surface area contributed by atoms with Crippen molar-refractivity contribution in [1.82, 2.24) is 0 Å². The van der Waals surface area contributed by atoms with Gasteiger partial charge in [0.1, 0.15) is 34.5 Å². The number of phenols is 6. The molecular weight excluding hydrogens is 1430 g/mol. The van der Waals surface area contributed by atoms with Crippen LogP contribution in [-0.2, 0) is 131 Å². The Balaban J connectivity index is 0.000000555. The average Bonchev–Trinajstić information content (AvgIpc) is 0.795. The van der Waals surface area contributed by atoms with Gasteiger partial charge in [-0.15, -0.1) is 0 Å². The van der Waals surface area contributed by atoms with Crippen LogP contribution in [0.1, 0.15) is 316 Å². The van der Waals surface area contributed by atoms with E-state index in [1.54, 1.807) is 14.7 Å². The summed E-state index contributed by atoms with van der Waals surface area (Å²) < 4.78 is 0. The maximum absolute atomic E-state index is 12.2. The number of carbonyl (C=O) groups is 3. The van der Waals surface area contributed by atoms with Gasteiger partial charge in [-0.1, -0.05) is 286 Å². The molecule has 0 saturated carbocycles. The molecule has 6 aromatic rings. The molecule has 15 nitrogen and oxygen atoms in total. The summed E-state index contributed by atoms with van der Waals surface area (Å²) in [4.78, 5) is 41.2. The fraction of sp³-hybridized carbons (Fsp3) is 0.581. The van der Waals surface area contributed by atoms with Crippen LogP contribution in [0.15, 0.2) is 72.8 Å². The van der Waals surface area contributed by atoms with E-state index in [0.717, 1.165) is 86.0 Å². The number of phenolic OH excluding ortho intramolecular Hbond substituents is 6. The molecule has 0 aliphatic rings. The quantitative estimate of drug-likeness (QED) is 0.0290. The Morgan fingerprint density at radius 3 is 0.518 bits per heavy atom. The van der Waals surface area contributed by atoms with Gasteiger partial charge in [0.2, 0.25) is 19.2 Å². The Morgan fingerprint density at radius 1 is 0.236 bits per heavy atom. The van der Waals surface area contributed by atoms with E-state index in [1.807, 2.05) is 54.6 Å². The van der Waals surface area contributed by atoms with E-state index in [9.17, 15) is 45.0 Å². The number of aromatic hydroxyl groups is 6. The third kappa shape index (κ3) is 26.4. The zero-order valence-electron chi connectivity index (χ0n) is 74.8. The maximum Gasteiger partial charge on any atom is 0.214 e. The van der Waals surface area contributed by atoms with E-state index in [1.165, 1.54) is 0 Å². The van der Waals surface area contributed by atoms with Gasteiger partial charge < -0.3 is 61.3 Å². The minimum atomic E-state index is -0.282. The second-order valence-corrected chi connectivity index (χ2v) is 42.1. The zero-order chi connectivity index (χ0) is 83.6. The first-order chi connectivity index (χ1) is 48.5. The molecular formula is C93H144N6O9Sc2. The van der Waals surface area contributed by atoms with Crippen LogP contribution < -0.4 is 30.7 Å². The van der Waals surface area contributed by atoms with Crippen LogP contribution in [0.2, 0.25) is 0 Å². The summed E-state index contributed by atoms with van der Waals surface area (Å²) in [6.45, 7) is 78.1. The number of carbonyl (C=O) groups excluding carboxylic acids is 3. The van der Waals surface area contributed by atoms with Gasteiger partial charge in [0.25, 0.3) is 0 Å². The van der Waals surface area contributed by atoms with Crippen molar-refractivity contribution in [3.63, 3.8) is 0 Å². The first kappa shape index (κ1) is 99.7. The second kappa shape index (κ2) is 36.4. The van der Waals surface area contributed by atoms with Crippen molar-refractivity contribution in [2.24, 2.45) is 0 Å². The van der Waals surface area contributed by atoms with E-state index in [-0.39, 0.29) is 151 Å². The standard InChI is InChI=1S/3C31H48N2O3.2Sc/c3*1-28(2,3)20-15-22(30(7,8)9)26(35)24(17-20)32-13-14-33(19-34)25-18-21(29(4,5)6)16-23(27(25)36)31(10,11)12;;/h3*15-19,32,35-36H,13-14H2,1-12H3;;. The maximum atomic E-state index is 12.2. The number of hydrogen-bond donors (Lipinski definition) is 9. The van der Waals surface area contributed by atoms with E-state index in [2.05, 4.69) is 283 Å². The third-order valence-electron chi connectivity index (χ3n) is 20.0. The molecule has 0 aliphatic heterocycles. The molecule has 0 unspecified atom stereocenters. The Morgan fingerprint density at radius 2 is 0.382 bits per heavy atom. The van der Waals surface area contributed by atoms with Crippen LogP contribution >= 0.6 is 0 Å². The number of nitrogens with one attached hydrogen (secondary N) is 3. The molecule has 0 bridgehead atoms. The monoisotopic (exact) mass is 1580 g/mol. The van der Waals surface area contributed by atoms with Crippen LogP contribution in [0, 0.1) is 0 Å². The van der Waals surface area contributed by atoms with E-state index >= 15 is 0 Å². The topological polar surface area (TPSA) is 218 Å². The minimum Gasteiger partial charge on any atom is -0.505 e. The molecule has 0 atom stereocenters. The van der Waals surface area contributed by atoms with Crippen LogP contribution in [-0.4, -0.2) is 89.1 Å². The van der Waals surface area contributed by atoms with E-state index in [4.69, 9.17) is 0 Å². The Bertz CT molecular complexity index is 3710. The van der Waals surface area contributed by atoms with Gasteiger partial charge >= 0.3 is 0 Å². The predicted octanol–water partition coefficient (Wildman–Crippen LogP) is 22.1.